The Morgan fingerprint density at radius 2 is 1.71 bits per heavy atom. The Morgan fingerprint density at radius 1 is 1.05 bits per heavy atom. The number of ether oxygens (including phenoxy) is 1. The number of fused-ring (bicyclic) bond motifs is 2. The van der Waals surface area contributed by atoms with Crippen molar-refractivity contribution in [3.8, 4) is 0 Å². The lowest BCUT2D eigenvalue weighted by atomic mass is 10.0. The predicted octanol–water partition coefficient (Wildman–Crippen LogP) is 5.42. The summed E-state index contributed by atoms with van der Waals surface area (Å²) in [4.78, 5) is 34.6. The summed E-state index contributed by atoms with van der Waals surface area (Å²) in [5.41, 5.74) is 5.38. The van der Waals surface area contributed by atoms with Crippen molar-refractivity contribution in [3.63, 3.8) is 0 Å². The van der Waals surface area contributed by atoms with Crippen LogP contribution in [-0.4, -0.2) is 34.3 Å². The predicted molar refractivity (Wildman–Crippen MR) is 149 cm³/mol. The highest BCUT2D eigenvalue weighted by atomic mass is 16.5. The molecule has 8 nitrogen and oxygen atoms in total. The molecule has 3 N–H and O–H groups in total. The molecule has 1 aromatic heterocycles. The van der Waals surface area contributed by atoms with Gasteiger partial charge in [0.1, 0.15) is 0 Å². The summed E-state index contributed by atoms with van der Waals surface area (Å²) in [7, 11) is 0. The van der Waals surface area contributed by atoms with Gasteiger partial charge in [-0.05, 0) is 61.6 Å². The number of rotatable bonds is 5. The quantitative estimate of drug-likeness (QED) is 0.328. The smallest absolute Gasteiger partial charge is 0.337 e. The molecule has 8 heteroatoms. The molecule has 3 aromatic carbocycles. The molecule has 196 valence electrons. The minimum atomic E-state index is -0.996. The first-order chi connectivity index (χ1) is 18.4. The van der Waals surface area contributed by atoms with Crippen molar-refractivity contribution in [3.05, 3.63) is 98.8 Å². The molecule has 1 unspecified atom stereocenters. The zero-order valence-corrected chi connectivity index (χ0v) is 21.7. The Bertz CT molecular complexity index is 1490. The van der Waals surface area contributed by atoms with Crippen molar-refractivity contribution in [2.75, 3.05) is 23.4 Å². The van der Waals surface area contributed by atoms with Crippen LogP contribution >= 0.6 is 0 Å². The topological polar surface area (TPSA) is 108 Å². The van der Waals surface area contributed by atoms with Crippen LogP contribution in [0.25, 0.3) is 10.9 Å². The number of carboxylic acid groups (broad SMARTS) is 1. The number of carboxylic acids is 1. The second-order valence-corrected chi connectivity index (χ2v) is 9.80. The number of aromatic nitrogens is 2. The van der Waals surface area contributed by atoms with Crippen molar-refractivity contribution >= 4 is 28.5 Å². The Labute approximate surface area is 221 Å². The zero-order valence-electron chi connectivity index (χ0n) is 21.7. The van der Waals surface area contributed by atoms with Gasteiger partial charge in [-0.2, -0.15) is 0 Å². The van der Waals surface area contributed by atoms with E-state index in [9.17, 15) is 14.7 Å². The number of anilines is 2. The summed E-state index contributed by atoms with van der Waals surface area (Å²) < 4.78 is 4.94. The fraction of sp³-hybridized carbons (Fsp3) is 0.300. The van der Waals surface area contributed by atoms with Crippen LogP contribution in [-0.2, 0) is 17.8 Å². The Kier molecular flexibility index (Phi) is 7.42. The van der Waals surface area contributed by atoms with Crippen molar-refractivity contribution in [2.45, 2.75) is 45.8 Å². The third-order valence-corrected chi connectivity index (χ3v) is 6.94. The Hall–Kier alpha value is -4.17. The highest BCUT2D eigenvalue weighted by molar-refractivity contribution is 5.94. The van der Waals surface area contributed by atoms with Gasteiger partial charge in [-0.3, -0.25) is 9.78 Å². The number of nitrogens with one attached hydrogen (secondary N) is 2. The summed E-state index contributed by atoms with van der Waals surface area (Å²) in [6.45, 7) is 7.25. The van der Waals surface area contributed by atoms with Gasteiger partial charge >= 0.3 is 5.97 Å². The maximum absolute atomic E-state index is 13.0. The third-order valence-electron chi connectivity index (χ3n) is 6.94. The van der Waals surface area contributed by atoms with Crippen LogP contribution in [0.5, 0.6) is 0 Å². The maximum atomic E-state index is 13.0. The fourth-order valence-electron chi connectivity index (χ4n) is 4.99. The van der Waals surface area contributed by atoms with Gasteiger partial charge in [-0.1, -0.05) is 42.5 Å². The summed E-state index contributed by atoms with van der Waals surface area (Å²) in [6.07, 6.45) is 2.56. The van der Waals surface area contributed by atoms with E-state index in [4.69, 9.17) is 9.72 Å². The largest absolute Gasteiger partial charge is 0.478 e. The van der Waals surface area contributed by atoms with Crippen molar-refractivity contribution in [1.29, 1.82) is 0 Å². The molecule has 1 fully saturated rings. The molecule has 3 heterocycles. The number of aryl methyl sites for hydroxylation is 1. The fourth-order valence-corrected chi connectivity index (χ4v) is 4.99. The van der Waals surface area contributed by atoms with Crippen LogP contribution in [0.3, 0.4) is 0 Å². The van der Waals surface area contributed by atoms with Crippen LogP contribution in [0.4, 0.5) is 11.6 Å². The molecule has 0 amide bonds. The first-order valence-electron chi connectivity index (χ1n) is 12.9. The van der Waals surface area contributed by atoms with E-state index in [1.165, 1.54) is 24.0 Å². The van der Waals surface area contributed by atoms with Crippen LogP contribution in [0, 0.1) is 6.92 Å². The van der Waals surface area contributed by atoms with Gasteiger partial charge in [0.15, 0.2) is 0 Å². The minimum absolute atomic E-state index is 0.186. The first-order valence-corrected chi connectivity index (χ1v) is 12.9. The Morgan fingerprint density at radius 3 is 2.34 bits per heavy atom. The maximum Gasteiger partial charge on any atom is 0.337 e. The average Bonchev–Trinajstić information content (AvgIpc) is 3.62. The molecule has 0 aliphatic carbocycles. The Balaban J connectivity index is 0.000000529. The van der Waals surface area contributed by atoms with Crippen molar-refractivity contribution in [1.82, 2.24) is 9.97 Å². The lowest BCUT2D eigenvalue weighted by Gasteiger charge is -2.21. The van der Waals surface area contributed by atoms with Gasteiger partial charge in [0, 0.05) is 37.6 Å². The van der Waals surface area contributed by atoms with E-state index >= 15 is 0 Å². The minimum Gasteiger partial charge on any atom is -0.478 e. The highest BCUT2D eigenvalue weighted by Gasteiger charge is 2.23. The summed E-state index contributed by atoms with van der Waals surface area (Å²) >= 11 is 0. The van der Waals surface area contributed by atoms with Crippen LogP contribution in [0.15, 0.2) is 65.5 Å². The highest BCUT2D eigenvalue weighted by Crippen LogP contribution is 2.30. The van der Waals surface area contributed by atoms with Crippen LogP contribution in [0.1, 0.15) is 58.4 Å². The van der Waals surface area contributed by atoms with E-state index in [1.54, 1.807) is 24.3 Å². The number of benzene rings is 3. The number of aromatic amines is 1. The second-order valence-electron chi connectivity index (χ2n) is 9.80. The lowest BCUT2D eigenvalue weighted by molar-refractivity contribution is 0.0698. The van der Waals surface area contributed by atoms with Gasteiger partial charge in [0.05, 0.1) is 22.5 Å². The van der Waals surface area contributed by atoms with Gasteiger partial charge in [-0.25, -0.2) is 9.78 Å². The van der Waals surface area contributed by atoms with Gasteiger partial charge in [0.25, 0.3) is 5.56 Å². The van der Waals surface area contributed by atoms with E-state index in [1.807, 2.05) is 38.1 Å². The molecular weight excluding hydrogens is 480 g/mol. The normalized spacial score (nSPS) is 15.1. The number of nitrogens with zero attached hydrogens (tertiary/aromatic N) is 2. The number of carbonyl (C=O) groups is 1. The molecule has 38 heavy (non-hydrogen) atoms. The molecule has 2 aliphatic heterocycles. The van der Waals surface area contributed by atoms with E-state index in [-0.39, 0.29) is 17.2 Å². The number of hydrogen-bond acceptors (Lipinski definition) is 6. The molecule has 1 atom stereocenters. The molecule has 6 rings (SSSR count). The first kappa shape index (κ1) is 25.5. The summed E-state index contributed by atoms with van der Waals surface area (Å²) in [5.74, 6) is -0.461. The van der Waals surface area contributed by atoms with Crippen LogP contribution < -0.4 is 15.8 Å². The molecule has 2 aliphatic rings. The van der Waals surface area contributed by atoms with E-state index in [0.717, 1.165) is 24.3 Å². The number of H-pyrrole nitrogens is 1. The zero-order chi connectivity index (χ0) is 26.6. The van der Waals surface area contributed by atoms with Crippen molar-refractivity contribution < 1.29 is 14.6 Å². The molecule has 0 saturated carbocycles. The molecule has 0 bridgehead atoms. The lowest BCUT2D eigenvalue weighted by Crippen LogP contribution is -2.23. The van der Waals surface area contributed by atoms with E-state index in [0.29, 0.717) is 35.6 Å². The van der Waals surface area contributed by atoms with Gasteiger partial charge in [0.2, 0.25) is 5.95 Å². The average molecular weight is 513 g/mol. The summed E-state index contributed by atoms with van der Waals surface area (Å²) in [6, 6.07) is 18.6. The molecule has 0 spiro atoms. The third kappa shape index (κ3) is 5.40. The second kappa shape index (κ2) is 11.1. The van der Waals surface area contributed by atoms with Gasteiger partial charge < -0.3 is 20.1 Å². The van der Waals surface area contributed by atoms with Crippen LogP contribution in [0.2, 0.25) is 0 Å². The number of hydrogen-bond donors (Lipinski definition) is 3. The van der Waals surface area contributed by atoms with E-state index in [2.05, 4.69) is 27.3 Å². The molecular formula is C30H32N4O4. The van der Waals surface area contributed by atoms with Crippen molar-refractivity contribution in [2.24, 2.45) is 0 Å². The SMILES string of the molecule is C1CCOC1.Cc1cc(C(C)Nc2ccccc2C(=O)O)c2nc(N3Cc4ccccc4C3)[nH]c(=O)c2c1. The van der Waals surface area contributed by atoms with Gasteiger partial charge in [-0.15, -0.1) is 0 Å². The number of para-hydroxylation sites is 1. The molecule has 0 radical (unpaired) electrons. The summed E-state index contributed by atoms with van der Waals surface area (Å²) in [5, 5.41) is 13.4. The monoisotopic (exact) mass is 512 g/mol. The standard InChI is InChI=1S/C26H24N4O3.C4H8O/c1-15-11-20(16(2)27-22-10-6-5-9-19(22)25(32)33)23-21(12-15)24(31)29-26(28-23)30-13-17-7-3-4-8-18(17)14-30;1-2-4-5-3-1/h3-12,16,27H,13-14H2,1-2H3,(H,32,33)(H,28,29,31);1-4H2. The molecule has 4 aromatic rings. The number of aromatic carboxylic acids is 1. The molecule has 1 saturated heterocycles. The van der Waals surface area contributed by atoms with E-state index < -0.39 is 5.97 Å².